The number of hydrogen-bond donors (Lipinski definition) is 0. The van der Waals surface area contributed by atoms with Gasteiger partial charge in [-0.05, 0) is 18.0 Å². The van der Waals surface area contributed by atoms with Crippen molar-refractivity contribution in [2.45, 2.75) is 26.2 Å². The molecule has 1 rings (SSSR count). The van der Waals surface area contributed by atoms with Gasteiger partial charge in [0.1, 0.15) is 0 Å². The van der Waals surface area contributed by atoms with E-state index in [1.807, 2.05) is 5.38 Å². The minimum atomic E-state index is 1.03. The molecule has 0 saturated carbocycles. The van der Waals surface area contributed by atoms with Gasteiger partial charge in [0, 0.05) is 11.8 Å². The van der Waals surface area contributed by atoms with E-state index in [1.165, 1.54) is 24.4 Å². The van der Waals surface area contributed by atoms with Crippen LogP contribution in [0.2, 0.25) is 0 Å². The average molecular weight is 155 g/mol. The van der Waals surface area contributed by atoms with Gasteiger partial charge < -0.3 is 0 Å². The molecule has 0 amide bonds. The molecule has 0 fully saturated rings. The first-order chi connectivity index (χ1) is 4.93. The largest absolute Gasteiger partial charge is 0.143 e. The fraction of sp³-hybridized carbons (Fsp3) is 0.571. The summed E-state index contributed by atoms with van der Waals surface area (Å²) in [5.74, 6) is 0. The second-order valence-electron chi connectivity index (χ2n) is 2.18. The summed E-state index contributed by atoms with van der Waals surface area (Å²) >= 11 is 1.41. The Hall–Kier alpha value is -0.440. The molecule has 0 aliphatic carbocycles. The number of unbranched alkanes of at least 4 members (excludes halogenated alkanes) is 2. The molecule has 0 spiro atoms. The first-order valence-electron chi connectivity index (χ1n) is 3.53. The van der Waals surface area contributed by atoms with E-state index in [2.05, 4.69) is 22.9 Å². The smallest absolute Gasteiger partial charge is 0.0793 e. The highest BCUT2D eigenvalue weighted by Crippen LogP contribution is 2.06. The van der Waals surface area contributed by atoms with Gasteiger partial charge in [-0.25, -0.2) is 0 Å². The highest BCUT2D eigenvalue weighted by atomic mass is 32.1. The van der Waals surface area contributed by atoms with Crippen LogP contribution in [0.1, 0.15) is 31.9 Å². The maximum Gasteiger partial charge on any atom is 0.0793 e. The van der Waals surface area contributed by atoms with Crippen LogP contribution in [0, 0.1) is 6.42 Å². The predicted octanol–water partition coefficient (Wildman–Crippen LogP) is 2.28. The van der Waals surface area contributed by atoms with Gasteiger partial charge in [-0.15, -0.1) is 5.10 Å². The Labute approximate surface area is 65.4 Å². The maximum atomic E-state index is 3.90. The molecule has 1 radical (unpaired) electrons. The van der Waals surface area contributed by atoms with E-state index in [9.17, 15) is 0 Å². The third-order valence-electron chi connectivity index (χ3n) is 1.29. The van der Waals surface area contributed by atoms with Gasteiger partial charge in [0.15, 0.2) is 0 Å². The second-order valence-corrected chi connectivity index (χ2v) is 2.79. The zero-order chi connectivity index (χ0) is 7.23. The Morgan fingerprint density at radius 1 is 1.70 bits per heavy atom. The summed E-state index contributed by atoms with van der Waals surface area (Å²) in [7, 11) is 0. The molecule has 0 bridgehead atoms. The normalized spacial score (nSPS) is 10.1. The van der Waals surface area contributed by atoms with Crippen LogP contribution in [0.25, 0.3) is 0 Å². The minimum Gasteiger partial charge on any atom is -0.143 e. The van der Waals surface area contributed by atoms with Gasteiger partial charge in [0.2, 0.25) is 0 Å². The molecule has 10 heavy (non-hydrogen) atoms. The van der Waals surface area contributed by atoms with Crippen molar-refractivity contribution in [2.75, 3.05) is 0 Å². The average Bonchev–Trinajstić information content (AvgIpc) is 2.41. The Kier molecular flexibility index (Phi) is 3.36. The molecular weight excluding hydrogens is 144 g/mol. The van der Waals surface area contributed by atoms with Crippen LogP contribution in [0.3, 0.4) is 0 Å². The summed E-state index contributed by atoms with van der Waals surface area (Å²) in [5, 5.41) is 5.87. The number of aromatic nitrogens is 2. The molecule has 0 aliphatic heterocycles. The lowest BCUT2D eigenvalue weighted by atomic mass is 10.2. The summed E-state index contributed by atoms with van der Waals surface area (Å²) in [6.45, 7) is 2.19. The number of nitrogens with zero attached hydrogens (tertiary/aromatic N) is 2. The topological polar surface area (TPSA) is 25.8 Å². The third kappa shape index (κ3) is 2.43. The number of hydrogen-bond acceptors (Lipinski definition) is 3. The summed E-state index contributed by atoms with van der Waals surface area (Å²) < 4.78 is 3.76. The predicted molar refractivity (Wildman–Crippen MR) is 42.8 cm³/mol. The zero-order valence-electron chi connectivity index (χ0n) is 6.08. The Morgan fingerprint density at radius 3 is 3.20 bits per heavy atom. The standard InChI is InChI=1S/C7H11N2S/c1-2-3-4-5-7-6-10-9-8-7/h5-6H,2-4H2,1H3. The lowest BCUT2D eigenvalue weighted by Crippen LogP contribution is -1.81. The Balaban J connectivity index is 2.15. The van der Waals surface area contributed by atoms with Crippen LogP contribution >= 0.6 is 11.5 Å². The van der Waals surface area contributed by atoms with Gasteiger partial charge in [-0.2, -0.15) is 0 Å². The van der Waals surface area contributed by atoms with Gasteiger partial charge >= 0.3 is 0 Å². The first-order valence-corrected chi connectivity index (χ1v) is 4.37. The van der Waals surface area contributed by atoms with Gasteiger partial charge in [-0.1, -0.05) is 24.3 Å². The first kappa shape index (κ1) is 7.66. The molecule has 55 valence electrons. The summed E-state index contributed by atoms with van der Waals surface area (Å²) in [6.07, 6.45) is 5.75. The summed E-state index contributed by atoms with van der Waals surface area (Å²) in [6, 6.07) is 0. The molecule has 1 heterocycles. The molecule has 2 nitrogen and oxygen atoms in total. The minimum absolute atomic E-state index is 1.03. The highest BCUT2D eigenvalue weighted by Gasteiger charge is 1.94. The summed E-state index contributed by atoms with van der Waals surface area (Å²) in [4.78, 5) is 0. The molecule has 0 unspecified atom stereocenters. The van der Waals surface area contributed by atoms with Crippen LogP contribution in [-0.4, -0.2) is 9.59 Å². The SMILES string of the molecule is CCCC[CH]c1csnn1. The van der Waals surface area contributed by atoms with E-state index in [0.29, 0.717) is 0 Å². The molecule has 0 atom stereocenters. The van der Waals surface area contributed by atoms with Crippen molar-refractivity contribution in [1.82, 2.24) is 9.59 Å². The van der Waals surface area contributed by atoms with Gasteiger partial charge in [-0.3, -0.25) is 0 Å². The molecule has 1 aromatic rings. The van der Waals surface area contributed by atoms with Crippen molar-refractivity contribution in [3.8, 4) is 0 Å². The molecular formula is C7H11N2S. The van der Waals surface area contributed by atoms with E-state index in [0.717, 1.165) is 12.1 Å². The molecule has 0 aliphatic rings. The molecule has 1 aromatic heterocycles. The van der Waals surface area contributed by atoms with Crippen molar-refractivity contribution in [3.05, 3.63) is 17.5 Å². The van der Waals surface area contributed by atoms with Crippen molar-refractivity contribution >= 4 is 11.5 Å². The summed E-state index contributed by atoms with van der Waals surface area (Å²) in [5.41, 5.74) is 1.03. The molecule has 3 heteroatoms. The molecule has 0 saturated heterocycles. The number of rotatable bonds is 4. The maximum absolute atomic E-state index is 3.90. The second kappa shape index (κ2) is 4.39. The Morgan fingerprint density at radius 2 is 2.60 bits per heavy atom. The van der Waals surface area contributed by atoms with Crippen molar-refractivity contribution in [3.63, 3.8) is 0 Å². The van der Waals surface area contributed by atoms with Crippen molar-refractivity contribution < 1.29 is 0 Å². The zero-order valence-corrected chi connectivity index (χ0v) is 6.90. The monoisotopic (exact) mass is 155 g/mol. The van der Waals surface area contributed by atoms with Crippen LogP contribution in [-0.2, 0) is 0 Å². The molecule has 0 aromatic carbocycles. The van der Waals surface area contributed by atoms with Crippen molar-refractivity contribution in [2.24, 2.45) is 0 Å². The van der Waals surface area contributed by atoms with E-state index < -0.39 is 0 Å². The fourth-order valence-corrected chi connectivity index (χ4v) is 1.15. The van der Waals surface area contributed by atoms with Crippen LogP contribution in [0.5, 0.6) is 0 Å². The van der Waals surface area contributed by atoms with Gasteiger partial charge in [0.05, 0.1) is 5.69 Å². The fourth-order valence-electron chi connectivity index (χ4n) is 0.715. The van der Waals surface area contributed by atoms with Gasteiger partial charge in [0.25, 0.3) is 0 Å². The lowest BCUT2D eigenvalue weighted by molar-refractivity contribution is 0.785. The quantitative estimate of drug-likeness (QED) is 0.623. The van der Waals surface area contributed by atoms with Crippen LogP contribution in [0.15, 0.2) is 5.38 Å². The van der Waals surface area contributed by atoms with Crippen molar-refractivity contribution in [1.29, 1.82) is 0 Å². The highest BCUT2D eigenvalue weighted by molar-refractivity contribution is 7.03. The van der Waals surface area contributed by atoms with E-state index in [-0.39, 0.29) is 0 Å². The van der Waals surface area contributed by atoms with Crippen LogP contribution < -0.4 is 0 Å². The third-order valence-corrected chi connectivity index (χ3v) is 1.81. The van der Waals surface area contributed by atoms with E-state index >= 15 is 0 Å². The molecule has 0 N–H and O–H groups in total. The van der Waals surface area contributed by atoms with E-state index in [4.69, 9.17) is 0 Å². The van der Waals surface area contributed by atoms with Crippen LogP contribution in [0.4, 0.5) is 0 Å². The van der Waals surface area contributed by atoms with E-state index in [1.54, 1.807) is 0 Å². The lowest BCUT2D eigenvalue weighted by Gasteiger charge is -1.91. The Bertz CT molecular complexity index is 160.